The topological polar surface area (TPSA) is 46.6 Å². The van der Waals surface area contributed by atoms with Gasteiger partial charge in [-0.2, -0.15) is 0 Å². The maximum Gasteiger partial charge on any atom is 0.306 e. The van der Waals surface area contributed by atoms with E-state index in [0.717, 1.165) is 13.0 Å². The lowest BCUT2D eigenvalue weighted by molar-refractivity contribution is -0.146. The number of carbonyl (C=O) groups excluding carboxylic acids is 2. The summed E-state index contributed by atoms with van der Waals surface area (Å²) in [6.07, 6.45) is 1.36. The van der Waals surface area contributed by atoms with Crippen LogP contribution < -0.4 is 0 Å². The molecule has 0 aromatic carbocycles. The highest BCUT2D eigenvalue weighted by Gasteiger charge is 2.17. The highest BCUT2D eigenvalue weighted by Crippen LogP contribution is 2.05. The van der Waals surface area contributed by atoms with Crippen molar-refractivity contribution in [2.75, 3.05) is 13.2 Å². The Bertz CT molecular complexity index is 226. The maximum absolute atomic E-state index is 11.8. The molecule has 0 heterocycles. The van der Waals surface area contributed by atoms with Crippen LogP contribution >= 0.6 is 0 Å². The van der Waals surface area contributed by atoms with Crippen LogP contribution in [0, 0.1) is 0 Å². The molecule has 0 aromatic heterocycles. The minimum Gasteiger partial charge on any atom is -0.466 e. The van der Waals surface area contributed by atoms with Crippen molar-refractivity contribution in [1.29, 1.82) is 0 Å². The molecule has 0 atom stereocenters. The van der Waals surface area contributed by atoms with Gasteiger partial charge in [0.05, 0.1) is 13.0 Å². The lowest BCUT2D eigenvalue weighted by Gasteiger charge is -2.26. The molecule has 1 amide bonds. The summed E-state index contributed by atoms with van der Waals surface area (Å²) < 4.78 is 4.78. The number of rotatable bonds is 7. The smallest absolute Gasteiger partial charge is 0.306 e. The summed E-state index contributed by atoms with van der Waals surface area (Å²) in [5, 5.41) is 0. The summed E-state index contributed by atoms with van der Waals surface area (Å²) in [5.41, 5.74) is 0. The second-order valence-electron chi connectivity index (χ2n) is 3.99. The predicted octanol–water partition coefficient (Wildman–Crippen LogP) is 1.98. The van der Waals surface area contributed by atoms with Gasteiger partial charge in [-0.25, -0.2) is 0 Å². The molecular weight excluding hydrogens is 206 g/mol. The fourth-order valence-electron chi connectivity index (χ4n) is 1.50. The van der Waals surface area contributed by atoms with Gasteiger partial charge in [0.2, 0.25) is 5.91 Å². The molecule has 16 heavy (non-hydrogen) atoms. The third kappa shape index (κ3) is 5.73. The second-order valence-corrected chi connectivity index (χ2v) is 3.99. The standard InChI is InChI=1S/C12H23NO3/c1-5-9-13(10(3)4)11(14)7-8-12(15)16-6-2/h10H,5-9H2,1-4H3. The lowest BCUT2D eigenvalue weighted by Crippen LogP contribution is -2.37. The van der Waals surface area contributed by atoms with Crippen LogP contribution in [0.1, 0.15) is 47.0 Å². The van der Waals surface area contributed by atoms with E-state index in [1.54, 1.807) is 11.8 Å². The number of hydrogen-bond donors (Lipinski definition) is 0. The number of esters is 1. The van der Waals surface area contributed by atoms with Crippen molar-refractivity contribution >= 4 is 11.9 Å². The first-order chi connectivity index (χ1) is 7.52. The predicted molar refractivity (Wildman–Crippen MR) is 63.0 cm³/mol. The quantitative estimate of drug-likeness (QED) is 0.627. The van der Waals surface area contributed by atoms with Crippen LogP contribution in [-0.2, 0) is 14.3 Å². The van der Waals surface area contributed by atoms with E-state index in [0.29, 0.717) is 6.61 Å². The van der Waals surface area contributed by atoms with Crippen LogP contribution in [0.4, 0.5) is 0 Å². The van der Waals surface area contributed by atoms with Crippen molar-refractivity contribution in [2.24, 2.45) is 0 Å². The molecule has 0 bridgehead atoms. The van der Waals surface area contributed by atoms with E-state index in [1.165, 1.54) is 0 Å². The molecule has 0 unspecified atom stereocenters. The van der Waals surface area contributed by atoms with Crippen molar-refractivity contribution in [3.8, 4) is 0 Å². The Balaban J connectivity index is 4.05. The summed E-state index contributed by atoms with van der Waals surface area (Å²) in [6, 6.07) is 0.189. The van der Waals surface area contributed by atoms with Crippen LogP contribution in [0.5, 0.6) is 0 Å². The minimum atomic E-state index is -0.295. The van der Waals surface area contributed by atoms with Crippen molar-refractivity contribution in [2.45, 2.75) is 53.0 Å². The SMILES string of the molecule is CCCN(C(=O)CCC(=O)OCC)C(C)C. The summed E-state index contributed by atoms with van der Waals surface area (Å²) >= 11 is 0. The zero-order valence-electron chi connectivity index (χ0n) is 10.8. The van der Waals surface area contributed by atoms with E-state index in [-0.39, 0.29) is 30.8 Å². The number of carbonyl (C=O) groups is 2. The van der Waals surface area contributed by atoms with Gasteiger partial charge in [0.1, 0.15) is 0 Å². The van der Waals surface area contributed by atoms with Crippen LogP contribution in [0.2, 0.25) is 0 Å². The fourth-order valence-corrected chi connectivity index (χ4v) is 1.50. The number of ether oxygens (including phenoxy) is 1. The van der Waals surface area contributed by atoms with Crippen LogP contribution in [0.3, 0.4) is 0 Å². The molecule has 0 aliphatic heterocycles. The maximum atomic E-state index is 11.8. The molecule has 0 aliphatic rings. The third-order valence-electron chi connectivity index (χ3n) is 2.26. The number of amides is 1. The average molecular weight is 229 g/mol. The molecule has 0 N–H and O–H groups in total. The normalized spacial score (nSPS) is 10.3. The molecule has 0 spiro atoms. The van der Waals surface area contributed by atoms with E-state index in [2.05, 4.69) is 0 Å². The first-order valence-corrected chi connectivity index (χ1v) is 5.98. The van der Waals surface area contributed by atoms with Gasteiger partial charge in [-0.1, -0.05) is 6.92 Å². The van der Waals surface area contributed by atoms with Crippen molar-refractivity contribution in [1.82, 2.24) is 4.90 Å². The Morgan fingerprint density at radius 3 is 2.25 bits per heavy atom. The van der Waals surface area contributed by atoms with E-state index in [1.807, 2.05) is 20.8 Å². The Labute approximate surface area is 98.0 Å². The van der Waals surface area contributed by atoms with Crippen LogP contribution in [-0.4, -0.2) is 36.0 Å². The molecule has 0 fully saturated rings. The van der Waals surface area contributed by atoms with E-state index in [9.17, 15) is 9.59 Å². The number of hydrogen-bond acceptors (Lipinski definition) is 3. The van der Waals surface area contributed by atoms with E-state index >= 15 is 0 Å². The molecular formula is C12H23NO3. The highest BCUT2D eigenvalue weighted by atomic mass is 16.5. The lowest BCUT2D eigenvalue weighted by atomic mass is 10.2. The van der Waals surface area contributed by atoms with Gasteiger partial charge in [0.15, 0.2) is 0 Å². The van der Waals surface area contributed by atoms with Crippen LogP contribution in [0.15, 0.2) is 0 Å². The summed E-state index contributed by atoms with van der Waals surface area (Å²) in [4.78, 5) is 24.7. The zero-order valence-corrected chi connectivity index (χ0v) is 10.8. The van der Waals surface area contributed by atoms with E-state index in [4.69, 9.17) is 4.74 Å². The summed E-state index contributed by atoms with van der Waals surface area (Å²) in [6.45, 7) is 8.89. The monoisotopic (exact) mass is 229 g/mol. The average Bonchev–Trinajstić information content (AvgIpc) is 2.22. The molecule has 0 rings (SSSR count). The van der Waals surface area contributed by atoms with Crippen molar-refractivity contribution < 1.29 is 14.3 Å². The Kier molecular flexibility index (Phi) is 7.60. The Hall–Kier alpha value is -1.06. The highest BCUT2D eigenvalue weighted by molar-refractivity contribution is 5.81. The van der Waals surface area contributed by atoms with Gasteiger partial charge >= 0.3 is 5.97 Å². The molecule has 0 aliphatic carbocycles. The van der Waals surface area contributed by atoms with Gasteiger partial charge in [0, 0.05) is 19.0 Å². The molecule has 4 nitrogen and oxygen atoms in total. The minimum absolute atomic E-state index is 0.0323. The first kappa shape index (κ1) is 14.9. The van der Waals surface area contributed by atoms with Gasteiger partial charge in [-0.15, -0.1) is 0 Å². The van der Waals surface area contributed by atoms with Gasteiger partial charge in [-0.3, -0.25) is 9.59 Å². The fraction of sp³-hybridized carbons (Fsp3) is 0.833. The van der Waals surface area contributed by atoms with Crippen LogP contribution in [0.25, 0.3) is 0 Å². The van der Waals surface area contributed by atoms with Crippen molar-refractivity contribution in [3.05, 3.63) is 0 Å². The third-order valence-corrected chi connectivity index (χ3v) is 2.26. The number of nitrogens with zero attached hydrogens (tertiary/aromatic N) is 1. The summed E-state index contributed by atoms with van der Waals surface area (Å²) in [7, 11) is 0. The molecule has 0 saturated heterocycles. The summed E-state index contributed by atoms with van der Waals surface area (Å²) in [5.74, 6) is -0.263. The molecule has 0 saturated carbocycles. The zero-order chi connectivity index (χ0) is 12.6. The molecule has 4 heteroatoms. The Morgan fingerprint density at radius 2 is 1.81 bits per heavy atom. The van der Waals surface area contributed by atoms with Crippen molar-refractivity contribution in [3.63, 3.8) is 0 Å². The van der Waals surface area contributed by atoms with E-state index < -0.39 is 0 Å². The van der Waals surface area contributed by atoms with Gasteiger partial charge < -0.3 is 9.64 Å². The second kappa shape index (κ2) is 8.13. The Morgan fingerprint density at radius 1 is 1.19 bits per heavy atom. The largest absolute Gasteiger partial charge is 0.466 e. The molecule has 0 radical (unpaired) electrons. The molecule has 94 valence electrons. The molecule has 0 aromatic rings. The first-order valence-electron chi connectivity index (χ1n) is 5.98. The van der Waals surface area contributed by atoms with Gasteiger partial charge in [-0.05, 0) is 27.2 Å². The van der Waals surface area contributed by atoms with Gasteiger partial charge in [0.25, 0.3) is 0 Å².